The van der Waals surface area contributed by atoms with Gasteiger partial charge >= 0.3 is 0 Å². The van der Waals surface area contributed by atoms with Crippen molar-refractivity contribution < 1.29 is 4.79 Å². The van der Waals surface area contributed by atoms with E-state index < -0.39 is 0 Å². The predicted octanol–water partition coefficient (Wildman–Crippen LogP) is 1.64. The summed E-state index contributed by atoms with van der Waals surface area (Å²) in [6.07, 6.45) is 0.859. The topological polar surface area (TPSA) is 32.7 Å². The van der Waals surface area contributed by atoms with Crippen molar-refractivity contribution in [2.45, 2.75) is 40.2 Å². The summed E-state index contributed by atoms with van der Waals surface area (Å²) in [6.45, 7) is 7.90. The molecule has 1 unspecified atom stereocenters. The Morgan fingerprint density at radius 2 is 2.17 bits per heavy atom. The summed E-state index contributed by atoms with van der Waals surface area (Å²) in [6, 6.07) is 0.184. The number of nitrogens with zero attached hydrogens (tertiary/aromatic N) is 2. The maximum Gasteiger partial charge on any atom is 0.251 e. The lowest BCUT2D eigenvalue weighted by Gasteiger charge is -2.17. The summed E-state index contributed by atoms with van der Waals surface area (Å²) in [5, 5.41) is 5.81. The monoisotopic (exact) mass is 168 g/mol. The molecule has 0 saturated heterocycles. The van der Waals surface area contributed by atoms with Crippen LogP contribution in [0, 0.1) is 5.92 Å². The van der Waals surface area contributed by atoms with Gasteiger partial charge in [-0.1, -0.05) is 6.92 Å². The Bertz CT molecular complexity index is 221. The zero-order valence-electron chi connectivity index (χ0n) is 8.16. The Hall–Kier alpha value is -0.860. The van der Waals surface area contributed by atoms with Gasteiger partial charge in [0.25, 0.3) is 5.91 Å². The third kappa shape index (κ3) is 1.36. The van der Waals surface area contributed by atoms with Gasteiger partial charge in [0.2, 0.25) is 0 Å². The molecule has 1 atom stereocenters. The van der Waals surface area contributed by atoms with Gasteiger partial charge in [0.1, 0.15) is 0 Å². The summed E-state index contributed by atoms with van der Waals surface area (Å²) in [5.74, 6) is 0.192. The van der Waals surface area contributed by atoms with Gasteiger partial charge < -0.3 is 0 Å². The van der Waals surface area contributed by atoms with Crippen LogP contribution in [-0.2, 0) is 4.79 Å². The average Bonchev–Trinajstić information content (AvgIpc) is 2.27. The van der Waals surface area contributed by atoms with Crippen molar-refractivity contribution >= 4 is 11.6 Å². The lowest BCUT2D eigenvalue weighted by atomic mass is 10.0. The van der Waals surface area contributed by atoms with Gasteiger partial charge in [-0.2, -0.15) is 5.10 Å². The molecule has 0 aliphatic carbocycles. The van der Waals surface area contributed by atoms with Gasteiger partial charge in [-0.05, 0) is 27.2 Å². The zero-order valence-corrected chi connectivity index (χ0v) is 8.16. The number of hydrogen-bond donors (Lipinski definition) is 0. The largest absolute Gasteiger partial charge is 0.272 e. The average molecular weight is 168 g/mol. The fourth-order valence-corrected chi connectivity index (χ4v) is 1.47. The van der Waals surface area contributed by atoms with Crippen molar-refractivity contribution in [2.75, 3.05) is 0 Å². The summed E-state index contributed by atoms with van der Waals surface area (Å²) in [5.41, 5.74) is 0.955. The molecule has 0 aromatic heterocycles. The third-order valence-corrected chi connectivity index (χ3v) is 2.19. The molecule has 0 aromatic rings. The number of carbonyl (C=O) groups is 1. The second kappa shape index (κ2) is 3.25. The molecule has 0 spiro atoms. The normalized spacial score (nSPS) is 23.8. The molecule has 12 heavy (non-hydrogen) atoms. The highest BCUT2D eigenvalue weighted by Gasteiger charge is 2.32. The highest BCUT2D eigenvalue weighted by molar-refractivity contribution is 6.06. The van der Waals surface area contributed by atoms with E-state index in [2.05, 4.69) is 5.10 Å². The Labute approximate surface area is 73.4 Å². The second-order valence-corrected chi connectivity index (χ2v) is 3.48. The molecule has 1 heterocycles. The molecular weight excluding hydrogens is 152 g/mol. The second-order valence-electron chi connectivity index (χ2n) is 3.48. The van der Waals surface area contributed by atoms with Crippen LogP contribution >= 0.6 is 0 Å². The van der Waals surface area contributed by atoms with Crippen LogP contribution < -0.4 is 0 Å². The van der Waals surface area contributed by atoms with Crippen molar-refractivity contribution in [3.8, 4) is 0 Å². The molecule has 0 fully saturated rings. The van der Waals surface area contributed by atoms with Crippen molar-refractivity contribution in [1.29, 1.82) is 0 Å². The van der Waals surface area contributed by atoms with Crippen LogP contribution in [0.2, 0.25) is 0 Å². The molecule has 0 aromatic carbocycles. The standard InChI is InChI=1S/C9H16N2O/c1-5-8-7(4)10-11(6(2)3)9(8)12/h6,8H,5H2,1-4H3. The smallest absolute Gasteiger partial charge is 0.251 e. The van der Waals surface area contributed by atoms with E-state index in [0.717, 1.165) is 12.1 Å². The quantitative estimate of drug-likeness (QED) is 0.617. The summed E-state index contributed by atoms with van der Waals surface area (Å²) in [4.78, 5) is 11.6. The number of hydrazone groups is 1. The van der Waals surface area contributed by atoms with E-state index in [1.165, 1.54) is 0 Å². The summed E-state index contributed by atoms with van der Waals surface area (Å²) < 4.78 is 0. The van der Waals surface area contributed by atoms with Crippen LogP contribution in [-0.4, -0.2) is 22.7 Å². The third-order valence-electron chi connectivity index (χ3n) is 2.19. The number of amides is 1. The van der Waals surface area contributed by atoms with Crippen molar-refractivity contribution in [3.63, 3.8) is 0 Å². The maximum atomic E-state index is 11.6. The van der Waals surface area contributed by atoms with E-state index in [0.29, 0.717) is 0 Å². The van der Waals surface area contributed by atoms with Gasteiger partial charge in [0, 0.05) is 11.8 Å². The molecule has 0 radical (unpaired) electrons. The first-order chi connectivity index (χ1) is 5.57. The van der Waals surface area contributed by atoms with E-state index in [1.807, 2.05) is 27.7 Å². The fraction of sp³-hybridized carbons (Fsp3) is 0.778. The van der Waals surface area contributed by atoms with Crippen LogP contribution in [0.15, 0.2) is 5.10 Å². The Morgan fingerprint density at radius 3 is 2.42 bits per heavy atom. The molecule has 1 aliphatic heterocycles. The SMILES string of the molecule is CCC1C(=O)N(C(C)C)N=C1C. The lowest BCUT2D eigenvalue weighted by Crippen LogP contribution is -2.32. The Balaban J connectivity index is 2.80. The van der Waals surface area contributed by atoms with E-state index in [4.69, 9.17) is 0 Å². The number of hydrogen-bond acceptors (Lipinski definition) is 2. The fourth-order valence-electron chi connectivity index (χ4n) is 1.47. The first kappa shape index (κ1) is 9.23. The van der Waals surface area contributed by atoms with Gasteiger partial charge in [-0.15, -0.1) is 0 Å². The molecule has 1 rings (SSSR count). The van der Waals surface area contributed by atoms with Crippen molar-refractivity contribution in [1.82, 2.24) is 5.01 Å². The Kier molecular flexibility index (Phi) is 2.50. The molecule has 3 heteroatoms. The van der Waals surface area contributed by atoms with Gasteiger partial charge in [0.05, 0.1) is 5.92 Å². The predicted molar refractivity (Wildman–Crippen MR) is 48.9 cm³/mol. The van der Waals surface area contributed by atoms with Gasteiger partial charge in [-0.3, -0.25) is 4.79 Å². The lowest BCUT2D eigenvalue weighted by molar-refractivity contribution is -0.133. The van der Waals surface area contributed by atoms with E-state index in [1.54, 1.807) is 5.01 Å². The minimum Gasteiger partial charge on any atom is -0.272 e. The number of carbonyl (C=O) groups excluding carboxylic acids is 1. The first-order valence-corrected chi connectivity index (χ1v) is 4.46. The molecule has 0 saturated carbocycles. The van der Waals surface area contributed by atoms with Crippen LogP contribution in [0.25, 0.3) is 0 Å². The molecule has 68 valence electrons. The molecule has 0 N–H and O–H groups in total. The first-order valence-electron chi connectivity index (χ1n) is 4.46. The molecule has 3 nitrogen and oxygen atoms in total. The van der Waals surface area contributed by atoms with Crippen LogP contribution in [0.5, 0.6) is 0 Å². The highest BCUT2D eigenvalue weighted by Crippen LogP contribution is 2.20. The zero-order chi connectivity index (χ0) is 9.30. The summed E-state index contributed by atoms with van der Waals surface area (Å²) in [7, 11) is 0. The van der Waals surface area contributed by atoms with E-state index in [-0.39, 0.29) is 17.9 Å². The Morgan fingerprint density at radius 1 is 1.58 bits per heavy atom. The van der Waals surface area contributed by atoms with Crippen molar-refractivity contribution in [3.05, 3.63) is 0 Å². The highest BCUT2D eigenvalue weighted by atomic mass is 16.2. The minimum atomic E-state index is 0.0346. The van der Waals surface area contributed by atoms with Crippen LogP contribution in [0.1, 0.15) is 34.1 Å². The molecule has 0 bridgehead atoms. The van der Waals surface area contributed by atoms with Gasteiger partial charge in [0.15, 0.2) is 0 Å². The van der Waals surface area contributed by atoms with Crippen molar-refractivity contribution in [2.24, 2.45) is 11.0 Å². The van der Waals surface area contributed by atoms with Crippen LogP contribution in [0.3, 0.4) is 0 Å². The van der Waals surface area contributed by atoms with Gasteiger partial charge in [-0.25, -0.2) is 5.01 Å². The molecule has 1 aliphatic rings. The van der Waals surface area contributed by atoms with E-state index in [9.17, 15) is 4.79 Å². The summed E-state index contributed by atoms with van der Waals surface area (Å²) >= 11 is 0. The van der Waals surface area contributed by atoms with E-state index >= 15 is 0 Å². The maximum absolute atomic E-state index is 11.6. The number of rotatable bonds is 2. The van der Waals surface area contributed by atoms with Crippen LogP contribution in [0.4, 0.5) is 0 Å². The molecule has 1 amide bonds. The minimum absolute atomic E-state index is 0.0346. The molecular formula is C9H16N2O.